The van der Waals surface area contributed by atoms with Gasteiger partial charge in [0.25, 0.3) is 0 Å². The first-order valence-corrected chi connectivity index (χ1v) is 4.62. The van der Waals surface area contributed by atoms with E-state index in [1.54, 1.807) is 0 Å². The maximum absolute atomic E-state index is 5.95. The molecule has 3 saturated carbocycles. The molecule has 0 aromatic carbocycles. The maximum Gasteiger partial charge on any atom is 0.00754 e. The van der Waals surface area contributed by atoms with E-state index in [0.29, 0.717) is 6.04 Å². The van der Waals surface area contributed by atoms with Gasteiger partial charge < -0.3 is 5.73 Å². The number of fused-ring (bicyclic) bond motifs is 5. The number of hydrogen-bond donors (Lipinski definition) is 1. The second-order valence-electron chi connectivity index (χ2n) is 4.47. The highest BCUT2D eigenvalue weighted by molar-refractivity contribution is 5.07. The van der Waals surface area contributed by atoms with Crippen molar-refractivity contribution >= 4 is 0 Å². The summed E-state index contributed by atoms with van der Waals surface area (Å²) in [4.78, 5) is 0. The Morgan fingerprint density at radius 2 is 1.80 bits per heavy atom. The molecule has 0 aliphatic heterocycles. The van der Waals surface area contributed by atoms with Crippen molar-refractivity contribution in [1.82, 2.24) is 0 Å². The molecule has 0 amide bonds. The van der Waals surface area contributed by atoms with Crippen molar-refractivity contribution in [2.45, 2.75) is 31.7 Å². The van der Waals surface area contributed by atoms with Crippen LogP contribution in [0.4, 0.5) is 0 Å². The summed E-state index contributed by atoms with van der Waals surface area (Å²) in [5.41, 5.74) is 5.95. The normalized spacial score (nSPS) is 63.9. The van der Waals surface area contributed by atoms with E-state index in [2.05, 4.69) is 0 Å². The topological polar surface area (TPSA) is 26.0 Å². The third kappa shape index (κ3) is 0.460. The molecule has 0 aromatic rings. The Labute approximate surface area is 62.0 Å². The maximum atomic E-state index is 5.95. The van der Waals surface area contributed by atoms with Crippen LogP contribution in [0.25, 0.3) is 0 Å². The summed E-state index contributed by atoms with van der Waals surface area (Å²) >= 11 is 0. The second kappa shape index (κ2) is 1.58. The SMILES string of the molecule is NC1CC2C3CCC(C3)C12. The van der Waals surface area contributed by atoms with Crippen LogP contribution >= 0.6 is 0 Å². The summed E-state index contributed by atoms with van der Waals surface area (Å²) < 4.78 is 0. The number of rotatable bonds is 0. The molecule has 5 atom stereocenters. The van der Waals surface area contributed by atoms with E-state index in [4.69, 9.17) is 5.73 Å². The minimum Gasteiger partial charge on any atom is -0.327 e. The van der Waals surface area contributed by atoms with Crippen LogP contribution in [0.5, 0.6) is 0 Å². The molecule has 56 valence electrons. The molecule has 2 N–H and O–H groups in total. The fourth-order valence-electron chi connectivity index (χ4n) is 3.75. The van der Waals surface area contributed by atoms with Gasteiger partial charge in [0.15, 0.2) is 0 Å². The monoisotopic (exact) mass is 137 g/mol. The molecule has 2 bridgehead atoms. The van der Waals surface area contributed by atoms with Gasteiger partial charge in [0.05, 0.1) is 0 Å². The molecule has 0 heterocycles. The molecular formula is C9H15N. The van der Waals surface area contributed by atoms with E-state index >= 15 is 0 Å². The zero-order valence-corrected chi connectivity index (χ0v) is 6.29. The van der Waals surface area contributed by atoms with Gasteiger partial charge in [-0.3, -0.25) is 0 Å². The smallest absolute Gasteiger partial charge is 0.00754 e. The Morgan fingerprint density at radius 1 is 1.00 bits per heavy atom. The summed E-state index contributed by atoms with van der Waals surface area (Å²) in [6.07, 6.45) is 5.91. The van der Waals surface area contributed by atoms with Crippen LogP contribution in [0.3, 0.4) is 0 Å². The van der Waals surface area contributed by atoms with Gasteiger partial charge in [0.1, 0.15) is 0 Å². The fourth-order valence-corrected chi connectivity index (χ4v) is 3.75. The van der Waals surface area contributed by atoms with Crippen LogP contribution in [0.2, 0.25) is 0 Å². The Morgan fingerprint density at radius 3 is 2.40 bits per heavy atom. The van der Waals surface area contributed by atoms with Gasteiger partial charge in [-0.2, -0.15) is 0 Å². The lowest BCUT2D eigenvalue weighted by atomic mass is 9.62. The van der Waals surface area contributed by atoms with Crippen molar-refractivity contribution in [2.75, 3.05) is 0 Å². The molecule has 3 aliphatic rings. The lowest BCUT2D eigenvalue weighted by Gasteiger charge is -2.45. The predicted molar refractivity (Wildman–Crippen MR) is 40.4 cm³/mol. The van der Waals surface area contributed by atoms with Crippen molar-refractivity contribution in [3.63, 3.8) is 0 Å². The van der Waals surface area contributed by atoms with Crippen LogP contribution in [0.15, 0.2) is 0 Å². The first-order valence-electron chi connectivity index (χ1n) is 4.62. The zero-order valence-electron chi connectivity index (χ0n) is 6.29. The zero-order chi connectivity index (χ0) is 6.72. The Kier molecular flexibility index (Phi) is 0.883. The number of hydrogen-bond acceptors (Lipinski definition) is 1. The molecule has 0 saturated heterocycles. The Hall–Kier alpha value is -0.0400. The molecule has 10 heavy (non-hydrogen) atoms. The van der Waals surface area contributed by atoms with E-state index < -0.39 is 0 Å². The molecular weight excluding hydrogens is 122 g/mol. The predicted octanol–water partition coefficient (Wildman–Crippen LogP) is 1.38. The first-order chi connectivity index (χ1) is 4.86. The van der Waals surface area contributed by atoms with Gasteiger partial charge in [-0.1, -0.05) is 0 Å². The highest BCUT2D eigenvalue weighted by Crippen LogP contribution is 2.60. The van der Waals surface area contributed by atoms with E-state index in [1.165, 1.54) is 25.7 Å². The lowest BCUT2D eigenvalue weighted by molar-refractivity contribution is 0.0722. The molecule has 3 aliphatic carbocycles. The van der Waals surface area contributed by atoms with Crippen molar-refractivity contribution in [1.29, 1.82) is 0 Å². The third-order valence-electron chi connectivity index (χ3n) is 4.20. The molecule has 5 unspecified atom stereocenters. The minimum absolute atomic E-state index is 0.597. The number of nitrogens with two attached hydrogens (primary N) is 1. The van der Waals surface area contributed by atoms with Crippen molar-refractivity contribution < 1.29 is 0 Å². The summed E-state index contributed by atoms with van der Waals surface area (Å²) in [7, 11) is 0. The van der Waals surface area contributed by atoms with E-state index in [1.807, 2.05) is 0 Å². The molecule has 0 spiro atoms. The minimum atomic E-state index is 0.597. The average Bonchev–Trinajstić information content (AvgIpc) is 2.40. The van der Waals surface area contributed by atoms with E-state index in [9.17, 15) is 0 Å². The van der Waals surface area contributed by atoms with Gasteiger partial charge in [0.2, 0.25) is 0 Å². The molecule has 1 nitrogen and oxygen atoms in total. The molecule has 0 aromatic heterocycles. The average molecular weight is 137 g/mol. The largest absolute Gasteiger partial charge is 0.327 e. The van der Waals surface area contributed by atoms with Crippen molar-refractivity contribution in [2.24, 2.45) is 29.4 Å². The van der Waals surface area contributed by atoms with Gasteiger partial charge in [-0.05, 0) is 49.4 Å². The molecule has 3 fully saturated rings. The first kappa shape index (κ1) is 5.59. The van der Waals surface area contributed by atoms with Crippen LogP contribution < -0.4 is 5.73 Å². The van der Waals surface area contributed by atoms with Crippen LogP contribution in [0.1, 0.15) is 25.7 Å². The summed E-state index contributed by atoms with van der Waals surface area (Å²) in [5.74, 6) is 4.21. The summed E-state index contributed by atoms with van der Waals surface area (Å²) in [6, 6.07) is 0.597. The fraction of sp³-hybridized carbons (Fsp3) is 1.00. The van der Waals surface area contributed by atoms with E-state index in [-0.39, 0.29) is 0 Å². The van der Waals surface area contributed by atoms with Gasteiger partial charge in [0, 0.05) is 6.04 Å². The second-order valence-corrected chi connectivity index (χ2v) is 4.47. The van der Waals surface area contributed by atoms with Crippen LogP contribution in [-0.2, 0) is 0 Å². The van der Waals surface area contributed by atoms with Gasteiger partial charge in [-0.15, -0.1) is 0 Å². The Bertz CT molecular complexity index is 164. The van der Waals surface area contributed by atoms with Gasteiger partial charge >= 0.3 is 0 Å². The molecule has 0 radical (unpaired) electrons. The molecule has 1 heteroatoms. The Balaban J connectivity index is 1.89. The van der Waals surface area contributed by atoms with Crippen LogP contribution in [0, 0.1) is 23.7 Å². The van der Waals surface area contributed by atoms with Gasteiger partial charge in [-0.25, -0.2) is 0 Å². The quantitative estimate of drug-likeness (QED) is 0.536. The standard InChI is InChI=1S/C9H15N/c10-8-4-7-5-1-2-6(3-5)9(7)8/h5-9H,1-4,10H2. The summed E-state index contributed by atoms with van der Waals surface area (Å²) in [5, 5.41) is 0. The van der Waals surface area contributed by atoms with E-state index in [0.717, 1.165) is 23.7 Å². The van der Waals surface area contributed by atoms with Crippen LogP contribution in [-0.4, -0.2) is 6.04 Å². The molecule has 3 rings (SSSR count). The third-order valence-corrected chi connectivity index (χ3v) is 4.20. The lowest BCUT2D eigenvalue weighted by Crippen LogP contribution is -2.50. The highest BCUT2D eigenvalue weighted by Gasteiger charge is 2.55. The van der Waals surface area contributed by atoms with Crippen molar-refractivity contribution in [3.05, 3.63) is 0 Å². The highest BCUT2D eigenvalue weighted by atomic mass is 14.8. The van der Waals surface area contributed by atoms with Crippen molar-refractivity contribution in [3.8, 4) is 0 Å². The summed E-state index contributed by atoms with van der Waals surface area (Å²) in [6.45, 7) is 0.